The maximum Gasteiger partial charge on any atom is 0.495 e. The topological polar surface area (TPSA) is 44.5 Å². The highest BCUT2D eigenvalue weighted by Crippen LogP contribution is 2.37. The summed E-state index contributed by atoms with van der Waals surface area (Å²) in [5.41, 5.74) is 11.7. The van der Waals surface area contributed by atoms with E-state index in [2.05, 4.69) is 40.5 Å². The Balaban J connectivity index is 2.61. The first kappa shape index (κ1) is 16.9. The second-order valence-corrected chi connectivity index (χ2v) is 7.15. The number of hydrogen-bond acceptors (Lipinski definition) is 3. The van der Waals surface area contributed by atoms with Crippen LogP contribution in [-0.4, -0.2) is 18.3 Å². The van der Waals surface area contributed by atoms with E-state index in [-0.39, 0.29) is 11.2 Å². The van der Waals surface area contributed by atoms with Gasteiger partial charge >= 0.3 is 7.12 Å². The highest BCUT2D eigenvalue weighted by atomic mass is 16.7. The Bertz CT molecular complexity index is 640. The van der Waals surface area contributed by atoms with E-state index in [0.29, 0.717) is 6.42 Å². The molecule has 1 saturated heterocycles. The Morgan fingerprint density at radius 1 is 1.00 bits per heavy atom. The lowest BCUT2D eigenvalue weighted by Crippen LogP contribution is -2.41. The van der Waals surface area contributed by atoms with Gasteiger partial charge in [0.1, 0.15) is 0 Å². The van der Waals surface area contributed by atoms with Crippen LogP contribution >= 0.6 is 0 Å². The molecule has 0 aliphatic carbocycles. The van der Waals surface area contributed by atoms with E-state index < -0.39 is 7.12 Å². The van der Waals surface area contributed by atoms with Crippen LogP contribution in [0.15, 0.2) is 0 Å². The molecule has 4 heteroatoms. The van der Waals surface area contributed by atoms with E-state index >= 15 is 0 Å². The zero-order chi connectivity index (χ0) is 16.9. The van der Waals surface area contributed by atoms with Crippen LogP contribution in [0.1, 0.15) is 49.9 Å². The van der Waals surface area contributed by atoms with E-state index in [4.69, 9.17) is 21.5 Å². The predicted molar refractivity (Wildman–Crippen MR) is 93.3 cm³/mol. The van der Waals surface area contributed by atoms with E-state index in [1.165, 1.54) is 0 Å². The fraction of sp³-hybridized carbons (Fsp3) is 0.556. The first-order valence-electron chi connectivity index (χ1n) is 7.70. The SMILES string of the molecule is C#CCc1c(C)c(N)c(C)c(B2OC(C)(C)C(C)(C)O2)c1C. The molecule has 22 heavy (non-hydrogen) atoms. The molecule has 0 unspecified atom stereocenters. The molecule has 0 spiro atoms. The molecule has 0 amide bonds. The summed E-state index contributed by atoms with van der Waals surface area (Å²) in [7, 11) is -0.413. The maximum atomic E-state index is 6.31. The molecule has 118 valence electrons. The van der Waals surface area contributed by atoms with Gasteiger partial charge in [0.05, 0.1) is 11.2 Å². The largest absolute Gasteiger partial charge is 0.495 e. The first-order chi connectivity index (χ1) is 10.0. The number of benzene rings is 1. The molecule has 0 bridgehead atoms. The summed E-state index contributed by atoms with van der Waals surface area (Å²) < 4.78 is 12.4. The Kier molecular flexibility index (Phi) is 4.10. The zero-order valence-electron chi connectivity index (χ0n) is 14.8. The molecule has 3 nitrogen and oxygen atoms in total. The lowest BCUT2D eigenvalue weighted by Gasteiger charge is -2.32. The highest BCUT2D eigenvalue weighted by Gasteiger charge is 2.52. The summed E-state index contributed by atoms with van der Waals surface area (Å²) in [4.78, 5) is 0. The second kappa shape index (κ2) is 5.33. The molecule has 1 heterocycles. The second-order valence-electron chi connectivity index (χ2n) is 7.15. The molecule has 1 aromatic carbocycles. The highest BCUT2D eigenvalue weighted by molar-refractivity contribution is 6.63. The smallest absolute Gasteiger partial charge is 0.399 e. The lowest BCUT2D eigenvalue weighted by atomic mass is 9.70. The molecule has 1 fully saturated rings. The fourth-order valence-corrected chi connectivity index (χ4v) is 3.00. The van der Waals surface area contributed by atoms with Gasteiger partial charge in [-0.3, -0.25) is 0 Å². The minimum absolute atomic E-state index is 0.373. The van der Waals surface area contributed by atoms with Crippen molar-refractivity contribution in [1.82, 2.24) is 0 Å². The van der Waals surface area contributed by atoms with Gasteiger partial charge in [-0.05, 0) is 76.2 Å². The number of anilines is 1. The minimum atomic E-state index is -0.413. The third-order valence-electron chi connectivity index (χ3n) is 5.29. The van der Waals surface area contributed by atoms with Crippen LogP contribution in [0.3, 0.4) is 0 Å². The van der Waals surface area contributed by atoms with E-state index in [1.807, 2.05) is 13.8 Å². The van der Waals surface area contributed by atoms with Crippen LogP contribution in [0.5, 0.6) is 0 Å². The lowest BCUT2D eigenvalue weighted by molar-refractivity contribution is 0.00578. The Labute approximate surface area is 134 Å². The van der Waals surface area contributed by atoms with Crippen LogP contribution in [-0.2, 0) is 15.7 Å². The number of nitrogens with two attached hydrogens (primary N) is 1. The van der Waals surface area contributed by atoms with Crippen molar-refractivity contribution in [2.24, 2.45) is 0 Å². The van der Waals surface area contributed by atoms with Crippen molar-refractivity contribution < 1.29 is 9.31 Å². The zero-order valence-corrected chi connectivity index (χ0v) is 14.8. The molecule has 2 rings (SSSR count). The predicted octanol–water partition coefficient (Wildman–Crippen LogP) is 2.67. The molecular formula is C18H26BNO2. The fourth-order valence-electron chi connectivity index (χ4n) is 3.00. The van der Waals surface area contributed by atoms with Crippen LogP contribution in [0, 0.1) is 33.1 Å². The number of terminal acetylenes is 1. The Morgan fingerprint density at radius 3 is 1.95 bits per heavy atom. The standard InChI is InChI=1S/C18H26BNO2/c1-9-10-14-11(2)15(13(4)16(20)12(14)3)19-21-17(5,6)18(7,8)22-19/h1H,10,20H2,2-8H3. The van der Waals surface area contributed by atoms with Crippen molar-refractivity contribution in [3.8, 4) is 12.3 Å². The summed E-state index contributed by atoms with van der Waals surface area (Å²) in [5.74, 6) is 2.73. The number of nitrogen functional groups attached to an aromatic ring is 1. The van der Waals surface area contributed by atoms with Crippen molar-refractivity contribution in [2.75, 3.05) is 5.73 Å². The minimum Gasteiger partial charge on any atom is -0.399 e. The average molecular weight is 299 g/mol. The molecule has 0 aromatic heterocycles. The van der Waals surface area contributed by atoms with Crippen LogP contribution < -0.4 is 11.2 Å². The molecule has 0 atom stereocenters. The summed E-state index contributed by atoms with van der Waals surface area (Å²) in [6, 6.07) is 0. The Morgan fingerprint density at radius 2 is 1.50 bits per heavy atom. The van der Waals surface area contributed by atoms with Gasteiger partial charge in [0, 0.05) is 12.1 Å². The molecule has 0 saturated carbocycles. The molecule has 1 aliphatic heterocycles. The van der Waals surface area contributed by atoms with E-state index in [9.17, 15) is 0 Å². The third kappa shape index (κ3) is 2.43. The van der Waals surface area contributed by atoms with Gasteiger partial charge < -0.3 is 15.0 Å². The first-order valence-corrected chi connectivity index (χ1v) is 7.70. The van der Waals surface area contributed by atoms with Gasteiger partial charge in [0.2, 0.25) is 0 Å². The summed E-state index contributed by atoms with van der Waals surface area (Å²) >= 11 is 0. The summed E-state index contributed by atoms with van der Waals surface area (Å²) in [5, 5.41) is 0. The molecule has 1 aliphatic rings. The van der Waals surface area contributed by atoms with Gasteiger partial charge in [-0.15, -0.1) is 12.3 Å². The van der Waals surface area contributed by atoms with Crippen LogP contribution in [0.4, 0.5) is 5.69 Å². The third-order valence-corrected chi connectivity index (χ3v) is 5.29. The van der Waals surface area contributed by atoms with Gasteiger partial charge in [0.15, 0.2) is 0 Å². The number of rotatable bonds is 2. The summed E-state index contributed by atoms with van der Waals surface area (Å²) in [6.07, 6.45) is 6.09. The quantitative estimate of drug-likeness (QED) is 0.519. The maximum absolute atomic E-state index is 6.31. The van der Waals surface area contributed by atoms with Crippen molar-refractivity contribution in [1.29, 1.82) is 0 Å². The van der Waals surface area contributed by atoms with Gasteiger partial charge in [0.25, 0.3) is 0 Å². The van der Waals surface area contributed by atoms with E-state index in [0.717, 1.165) is 33.4 Å². The van der Waals surface area contributed by atoms with Crippen molar-refractivity contribution in [2.45, 2.75) is 66.1 Å². The molecule has 2 N–H and O–H groups in total. The number of hydrogen-bond donors (Lipinski definition) is 1. The monoisotopic (exact) mass is 299 g/mol. The van der Waals surface area contributed by atoms with Crippen molar-refractivity contribution in [3.63, 3.8) is 0 Å². The van der Waals surface area contributed by atoms with Crippen LogP contribution in [0.25, 0.3) is 0 Å². The molecular weight excluding hydrogens is 273 g/mol. The van der Waals surface area contributed by atoms with Gasteiger partial charge in [-0.25, -0.2) is 0 Å². The Hall–Kier alpha value is -1.44. The molecule has 1 aromatic rings. The van der Waals surface area contributed by atoms with E-state index in [1.54, 1.807) is 0 Å². The van der Waals surface area contributed by atoms with Gasteiger partial charge in [-0.1, -0.05) is 0 Å². The molecule has 0 radical (unpaired) electrons. The summed E-state index contributed by atoms with van der Waals surface area (Å²) in [6.45, 7) is 14.3. The van der Waals surface area contributed by atoms with Crippen LogP contribution in [0.2, 0.25) is 0 Å². The van der Waals surface area contributed by atoms with Gasteiger partial charge in [-0.2, -0.15) is 0 Å². The normalized spacial score (nSPS) is 19.3. The van der Waals surface area contributed by atoms with Crippen molar-refractivity contribution >= 4 is 18.3 Å². The van der Waals surface area contributed by atoms with Crippen molar-refractivity contribution in [3.05, 3.63) is 22.3 Å². The average Bonchev–Trinajstić information content (AvgIpc) is 2.61.